The summed E-state index contributed by atoms with van der Waals surface area (Å²) in [4.78, 5) is 10.2. The zero-order valence-electron chi connectivity index (χ0n) is 9.57. The zero-order chi connectivity index (χ0) is 10.9. The van der Waals surface area contributed by atoms with Gasteiger partial charge in [0.25, 0.3) is 0 Å². The molecule has 1 rings (SSSR count). The van der Waals surface area contributed by atoms with Crippen LogP contribution < -0.4 is 0 Å². The monoisotopic (exact) mass is 225 g/mol. The first-order valence-corrected chi connectivity index (χ1v) is 5.05. The number of aliphatic carboxylic acids is 1. The first-order valence-electron chi connectivity index (χ1n) is 5.05. The summed E-state index contributed by atoms with van der Waals surface area (Å²) < 4.78 is 0. The molecule has 0 aliphatic heterocycles. The van der Waals surface area contributed by atoms with E-state index in [1.807, 2.05) is 30.3 Å². The molecule has 1 aromatic rings. The van der Waals surface area contributed by atoms with Crippen molar-refractivity contribution in [2.75, 3.05) is 0 Å². The van der Waals surface area contributed by atoms with Gasteiger partial charge in [-0.15, -0.1) is 0 Å². The molecule has 3 heteroatoms. The van der Waals surface area contributed by atoms with Crippen molar-refractivity contribution in [2.45, 2.75) is 25.7 Å². The largest absolute Gasteiger partial charge is 0.481 e. The van der Waals surface area contributed by atoms with E-state index < -0.39 is 5.97 Å². The number of benzene rings is 1. The Hall–Kier alpha value is -0.750. The summed E-state index contributed by atoms with van der Waals surface area (Å²) in [5.41, 5.74) is 1.01. The summed E-state index contributed by atoms with van der Waals surface area (Å²) in [5, 5.41) is 8.41. The van der Waals surface area contributed by atoms with Crippen LogP contribution in [0.1, 0.15) is 31.2 Å². The first-order chi connectivity index (χ1) is 7.29. The number of unbranched alkanes of at least 4 members (excludes halogenated alkanes) is 2. The van der Waals surface area contributed by atoms with Gasteiger partial charge in [0.1, 0.15) is 0 Å². The molecular weight excluding hydrogens is 211 g/mol. The molecule has 16 heavy (non-hydrogen) atoms. The summed E-state index contributed by atoms with van der Waals surface area (Å²) in [6.07, 6.45) is 2.57. The Kier molecular flexibility index (Phi) is 9.03. The van der Waals surface area contributed by atoms with Crippen molar-refractivity contribution in [3.05, 3.63) is 35.9 Å². The van der Waals surface area contributed by atoms with E-state index in [1.165, 1.54) is 0 Å². The Morgan fingerprint density at radius 1 is 1.19 bits per heavy atom. The van der Waals surface area contributed by atoms with Gasteiger partial charge < -0.3 is 5.11 Å². The van der Waals surface area contributed by atoms with Gasteiger partial charge in [-0.05, 0) is 25.0 Å². The maximum atomic E-state index is 10.2. The number of rotatable bonds is 4. The van der Waals surface area contributed by atoms with Gasteiger partial charge in [-0.2, -0.15) is 0 Å². The minimum atomic E-state index is -0.731. The van der Waals surface area contributed by atoms with E-state index in [-0.39, 0.29) is 36.0 Å². The van der Waals surface area contributed by atoms with E-state index in [1.54, 1.807) is 0 Å². The van der Waals surface area contributed by atoms with Crippen LogP contribution in [0.5, 0.6) is 0 Å². The summed E-state index contributed by atoms with van der Waals surface area (Å²) in [7, 11) is 0. The summed E-state index contributed by atoms with van der Waals surface area (Å²) >= 11 is 0. The number of carboxylic acids is 1. The Morgan fingerprint density at radius 3 is 2.50 bits per heavy atom. The molecule has 79 valence electrons. The van der Waals surface area contributed by atoms with Gasteiger partial charge in [0.05, 0.1) is 0 Å². The average Bonchev–Trinajstić information content (AvgIpc) is 2.24. The van der Waals surface area contributed by atoms with Crippen LogP contribution in [-0.4, -0.2) is 40.6 Å². The van der Waals surface area contributed by atoms with Crippen molar-refractivity contribution in [1.29, 1.82) is 0 Å². The second kappa shape index (κ2) is 9.47. The van der Waals surface area contributed by atoms with Crippen molar-refractivity contribution >= 4 is 35.5 Å². The van der Waals surface area contributed by atoms with E-state index in [2.05, 4.69) is 11.8 Å². The minimum absolute atomic E-state index is 0. The SMILES string of the molecule is O=C(O)CCCCC#Cc1ccccc1.[Na]. The zero-order valence-corrected chi connectivity index (χ0v) is 11.6. The van der Waals surface area contributed by atoms with Crippen LogP contribution >= 0.6 is 0 Å². The van der Waals surface area contributed by atoms with E-state index in [9.17, 15) is 4.79 Å². The molecule has 0 saturated heterocycles. The number of hydrogen-bond donors (Lipinski definition) is 1. The van der Waals surface area contributed by atoms with Crippen LogP contribution in [0, 0.1) is 11.8 Å². The third-order valence-electron chi connectivity index (χ3n) is 1.95. The molecule has 0 bridgehead atoms. The molecule has 0 aromatic heterocycles. The first kappa shape index (κ1) is 15.2. The van der Waals surface area contributed by atoms with Gasteiger partial charge in [0.2, 0.25) is 0 Å². The van der Waals surface area contributed by atoms with Crippen LogP contribution in [0.25, 0.3) is 0 Å². The third-order valence-corrected chi connectivity index (χ3v) is 1.95. The predicted molar refractivity (Wildman–Crippen MR) is 65.2 cm³/mol. The fraction of sp³-hybridized carbons (Fsp3) is 0.308. The fourth-order valence-electron chi connectivity index (χ4n) is 1.18. The van der Waals surface area contributed by atoms with Gasteiger partial charge >= 0.3 is 5.97 Å². The van der Waals surface area contributed by atoms with Crippen molar-refractivity contribution in [3.8, 4) is 11.8 Å². The van der Waals surface area contributed by atoms with E-state index in [0.29, 0.717) is 6.42 Å². The number of hydrogen-bond acceptors (Lipinski definition) is 1. The number of carboxylic acid groups (broad SMARTS) is 1. The van der Waals surface area contributed by atoms with Gasteiger partial charge in [-0.3, -0.25) is 4.79 Å². The second-order valence-electron chi connectivity index (χ2n) is 3.27. The molecule has 2 nitrogen and oxygen atoms in total. The summed E-state index contributed by atoms with van der Waals surface area (Å²) in [6.45, 7) is 0. The van der Waals surface area contributed by atoms with Gasteiger partial charge in [0, 0.05) is 48.0 Å². The number of carbonyl (C=O) groups is 1. The Morgan fingerprint density at radius 2 is 1.88 bits per heavy atom. The molecule has 0 heterocycles. The van der Waals surface area contributed by atoms with Crippen LogP contribution in [0.15, 0.2) is 30.3 Å². The molecule has 0 aliphatic rings. The Labute approximate surface area is 118 Å². The normalized spacial score (nSPS) is 8.50. The molecule has 0 atom stereocenters. The van der Waals surface area contributed by atoms with Crippen molar-refractivity contribution in [3.63, 3.8) is 0 Å². The molecule has 0 aliphatic carbocycles. The topological polar surface area (TPSA) is 37.3 Å². The molecular formula is C13H14NaO2. The maximum absolute atomic E-state index is 10.2. The smallest absolute Gasteiger partial charge is 0.303 e. The summed E-state index contributed by atoms with van der Waals surface area (Å²) in [5.74, 6) is 5.34. The average molecular weight is 225 g/mol. The predicted octanol–water partition coefficient (Wildman–Crippen LogP) is 2.30. The molecule has 1 aromatic carbocycles. The Balaban J connectivity index is 0.00000225. The molecule has 0 amide bonds. The molecule has 0 saturated carbocycles. The Bertz CT molecular complexity index is 363. The molecule has 1 radical (unpaired) electrons. The third kappa shape index (κ3) is 7.53. The van der Waals surface area contributed by atoms with Crippen LogP contribution in [0.4, 0.5) is 0 Å². The van der Waals surface area contributed by atoms with E-state index >= 15 is 0 Å². The fourth-order valence-corrected chi connectivity index (χ4v) is 1.18. The van der Waals surface area contributed by atoms with Gasteiger partial charge in [0.15, 0.2) is 0 Å². The second-order valence-corrected chi connectivity index (χ2v) is 3.27. The van der Waals surface area contributed by atoms with Crippen molar-refractivity contribution in [1.82, 2.24) is 0 Å². The van der Waals surface area contributed by atoms with E-state index in [0.717, 1.165) is 18.4 Å². The standard InChI is InChI=1S/C13H14O2.Na/c14-13(15)11-7-2-1-4-8-12-9-5-3-6-10-12;/h3,5-6,9-10H,1-2,7,11H2,(H,14,15);. The van der Waals surface area contributed by atoms with Crippen LogP contribution in [0.3, 0.4) is 0 Å². The molecule has 1 N–H and O–H groups in total. The minimum Gasteiger partial charge on any atom is -0.481 e. The molecule has 0 unspecified atom stereocenters. The van der Waals surface area contributed by atoms with E-state index in [4.69, 9.17) is 5.11 Å². The molecule has 0 spiro atoms. The van der Waals surface area contributed by atoms with Gasteiger partial charge in [-0.25, -0.2) is 0 Å². The summed E-state index contributed by atoms with van der Waals surface area (Å²) in [6, 6.07) is 9.79. The van der Waals surface area contributed by atoms with Crippen molar-refractivity contribution < 1.29 is 9.90 Å². The molecule has 0 fully saturated rings. The van der Waals surface area contributed by atoms with Crippen molar-refractivity contribution in [2.24, 2.45) is 0 Å². The quantitative estimate of drug-likeness (QED) is 0.485. The van der Waals surface area contributed by atoms with Crippen LogP contribution in [0.2, 0.25) is 0 Å². The van der Waals surface area contributed by atoms with Gasteiger partial charge in [-0.1, -0.05) is 30.0 Å². The van der Waals surface area contributed by atoms with Crippen LogP contribution in [-0.2, 0) is 4.79 Å². The maximum Gasteiger partial charge on any atom is 0.303 e.